The Morgan fingerprint density at radius 2 is 1.83 bits per heavy atom. The Hall–Kier alpha value is -2.72. The van der Waals surface area contributed by atoms with Crippen molar-refractivity contribution in [2.24, 2.45) is 0 Å². The van der Waals surface area contributed by atoms with Crippen LogP contribution in [0.4, 0.5) is 0 Å². The fourth-order valence-corrected chi connectivity index (χ4v) is 2.83. The van der Waals surface area contributed by atoms with E-state index >= 15 is 0 Å². The molecule has 0 aliphatic carbocycles. The second kappa shape index (κ2) is 7.03. The largest absolute Gasteiger partial charge is 0.300 e. The standard InChI is InChI=1S/C16H13N3O3S/c1-9(20)14(10(2)21)23-16-18-13(11-6-4-3-5-7-11)12(8-17)15(22)19-16/h3-7,14H,1-2H3,(H,18,19,22). The molecule has 0 saturated carbocycles. The summed E-state index contributed by atoms with van der Waals surface area (Å²) in [6, 6.07) is 10.6. The fraction of sp³-hybridized carbons (Fsp3) is 0.188. The number of rotatable bonds is 5. The molecule has 0 bridgehead atoms. The molecule has 0 saturated heterocycles. The summed E-state index contributed by atoms with van der Waals surface area (Å²) in [4.78, 5) is 41.9. The zero-order chi connectivity index (χ0) is 17.0. The van der Waals surface area contributed by atoms with Gasteiger partial charge < -0.3 is 4.98 Å². The highest BCUT2D eigenvalue weighted by atomic mass is 32.2. The summed E-state index contributed by atoms with van der Waals surface area (Å²) in [7, 11) is 0. The molecule has 0 aliphatic rings. The van der Waals surface area contributed by atoms with E-state index in [1.165, 1.54) is 13.8 Å². The maximum atomic E-state index is 12.1. The van der Waals surface area contributed by atoms with Crippen LogP contribution in [-0.4, -0.2) is 26.8 Å². The van der Waals surface area contributed by atoms with E-state index in [9.17, 15) is 19.6 Å². The van der Waals surface area contributed by atoms with Crippen molar-refractivity contribution in [3.8, 4) is 17.3 Å². The number of H-pyrrole nitrogens is 1. The van der Waals surface area contributed by atoms with Gasteiger partial charge in [0.25, 0.3) is 5.56 Å². The zero-order valence-corrected chi connectivity index (χ0v) is 13.3. The van der Waals surface area contributed by atoms with Gasteiger partial charge in [-0.15, -0.1) is 0 Å². The molecule has 7 heteroatoms. The first-order valence-corrected chi connectivity index (χ1v) is 7.59. The summed E-state index contributed by atoms with van der Waals surface area (Å²) < 4.78 is 0. The molecule has 0 aliphatic heterocycles. The summed E-state index contributed by atoms with van der Waals surface area (Å²) in [5.74, 6) is -0.647. The van der Waals surface area contributed by atoms with E-state index in [4.69, 9.17) is 0 Å². The number of aromatic amines is 1. The van der Waals surface area contributed by atoms with Crippen LogP contribution in [0.1, 0.15) is 19.4 Å². The summed E-state index contributed by atoms with van der Waals surface area (Å²) >= 11 is 0.872. The number of nitriles is 1. The van der Waals surface area contributed by atoms with E-state index in [0.717, 1.165) is 11.8 Å². The van der Waals surface area contributed by atoms with Crippen LogP contribution in [0.25, 0.3) is 11.3 Å². The van der Waals surface area contributed by atoms with Crippen molar-refractivity contribution in [1.82, 2.24) is 9.97 Å². The summed E-state index contributed by atoms with van der Waals surface area (Å²) in [6.07, 6.45) is 0. The third kappa shape index (κ3) is 3.73. The van der Waals surface area contributed by atoms with Crippen LogP contribution in [0.3, 0.4) is 0 Å². The number of Topliss-reactive ketones (excluding diaryl/α,β-unsaturated/α-hetero) is 2. The molecule has 1 aromatic heterocycles. The first kappa shape index (κ1) is 16.6. The number of benzene rings is 1. The number of nitrogens with one attached hydrogen (secondary N) is 1. The number of thioether (sulfide) groups is 1. The highest BCUT2D eigenvalue weighted by molar-refractivity contribution is 8.01. The summed E-state index contributed by atoms with van der Waals surface area (Å²) in [5, 5.41) is 8.38. The second-order valence-corrected chi connectivity index (χ2v) is 5.89. The molecule has 0 fully saturated rings. The Labute approximate surface area is 136 Å². The fourth-order valence-electron chi connectivity index (χ4n) is 1.98. The van der Waals surface area contributed by atoms with Crippen molar-refractivity contribution < 1.29 is 9.59 Å². The molecule has 6 nitrogen and oxygen atoms in total. The molecule has 116 valence electrons. The van der Waals surface area contributed by atoms with Crippen molar-refractivity contribution in [2.75, 3.05) is 0 Å². The molecule has 23 heavy (non-hydrogen) atoms. The van der Waals surface area contributed by atoms with E-state index < -0.39 is 10.8 Å². The molecule has 1 N–H and O–H groups in total. The number of hydrogen-bond acceptors (Lipinski definition) is 6. The molecule has 0 amide bonds. The molecule has 0 radical (unpaired) electrons. The Morgan fingerprint density at radius 1 is 1.22 bits per heavy atom. The minimum absolute atomic E-state index is 0.109. The van der Waals surface area contributed by atoms with Gasteiger partial charge in [0, 0.05) is 5.56 Å². The highest BCUT2D eigenvalue weighted by Gasteiger charge is 2.23. The van der Waals surface area contributed by atoms with Gasteiger partial charge in [-0.1, -0.05) is 42.1 Å². The van der Waals surface area contributed by atoms with Gasteiger partial charge in [0.1, 0.15) is 16.9 Å². The molecular weight excluding hydrogens is 314 g/mol. The van der Waals surface area contributed by atoms with E-state index in [0.29, 0.717) is 5.56 Å². The minimum Gasteiger partial charge on any atom is -0.300 e. The van der Waals surface area contributed by atoms with Crippen LogP contribution in [0.15, 0.2) is 40.3 Å². The molecule has 1 heterocycles. The van der Waals surface area contributed by atoms with Crippen molar-refractivity contribution in [3.63, 3.8) is 0 Å². The predicted molar refractivity (Wildman–Crippen MR) is 86.0 cm³/mol. The smallest absolute Gasteiger partial charge is 0.270 e. The number of aromatic nitrogens is 2. The monoisotopic (exact) mass is 327 g/mol. The second-order valence-electron chi connectivity index (χ2n) is 4.79. The lowest BCUT2D eigenvalue weighted by atomic mass is 10.1. The SMILES string of the molecule is CC(=O)C(Sc1nc(-c2ccccc2)c(C#N)c(=O)[nH]1)C(C)=O. The average Bonchev–Trinajstić information content (AvgIpc) is 2.52. The van der Waals surface area contributed by atoms with Crippen LogP contribution in [0.5, 0.6) is 0 Å². The molecular formula is C16H13N3O3S. The third-order valence-electron chi connectivity index (χ3n) is 3.02. The summed E-state index contributed by atoms with van der Waals surface area (Å²) in [5.41, 5.74) is 0.127. The van der Waals surface area contributed by atoms with E-state index in [-0.39, 0.29) is 28.0 Å². The first-order valence-electron chi connectivity index (χ1n) is 6.71. The number of carbonyl (C=O) groups excluding carboxylic acids is 2. The number of nitrogens with zero attached hydrogens (tertiary/aromatic N) is 2. The van der Waals surface area contributed by atoms with E-state index in [1.54, 1.807) is 30.3 Å². The quantitative estimate of drug-likeness (QED) is 0.511. The van der Waals surface area contributed by atoms with Crippen molar-refractivity contribution in [1.29, 1.82) is 5.26 Å². The van der Waals surface area contributed by atoms with Gasteiger partial charge >= 0.3 is 0 Å². The number of carbonyl (C=O) groups is 2. The van der Waals surface area contributed by atoms with Crippen molar-refractivity contribution in [2.45, 2.75) is 24.3 Å². The molecule has 0 spiro atoms. The topological polar surface area (TPSA) is 104 Å². The van der Waals surface area contributed by atoms with Gasteiger partial charge in [0.15, 0.2) is 16.7 Å². The summed E-state index contributed by atoms with van der Waals surface area (Å²) in [6.45, 7) is 2.61. The van der Waals surface area contributed by atoms with E-state index in [1.807, 2.05) is 6.07 Å². The maximum absolute atomic E-state index is 12.1. The van der Waals surface area contributed by atoms with Crippen LogP contribution in [-0.2, 0) is 9.59 Å². The Kier molecular flexibility index (Phi) is 5.09. The van der Waals surface area contributed by atoms with Crippen LogP contribution >= 0.6 is 11.8 Å². The maximum Gasteiger partial charge on any atom is 0.270 e. The van der Waals surface area contributed by atoms with Gasteiger partial charge in [-0.3, -0.25) is 14.4 Å². The lowest BCUT2D eigenvalue weighted by Crippen LogP contribution is -2.24. The normalized spacial score (nSPS) is 10.3. The Morgan fingerprint density at radius 3 is 2.35 bits per heavy atom. The number of hydrogen-bond donors (Lipinski definition) is 1. The minimum atomic E-state index is -0.935. The predicted octanol–water partition coefficient (Wildman–Crippen LogP) is 1.95. The molecule has 1 aromatic carbocycles. The van der Waals surface area contributed by atoms with Crippen molar-refractivity contribution in [3.05, 3.63) is 46.2 Å². The average molecular weight is 327 g/mol. The van der Waals surface area contributed by atoms with Gasteiger partial charge in [0.05, 0.1) is 5.69 Å². The van der Waals surface area contributed by atoms with Crippen LogP contribution in [0.2, 0.25) is 0 Å². The Balaban J connectivity index is 2.55. The van der Waals surface area contributed by atoms with Gasteiger partial charge in [-0.2, -0.15) is 5.26 Å². The molecule has 0 unspecified atom stereocenters. The lowest BCUT2D eigenvalue weighted by molar-refractivity contribution is -0.123. The van der Waals surface area contributed by atoms with Gasteiger partial charge in [0.2, 0.25) is 0 Å². The number of ketones is 2. The van der Waals surface area contributed by atoms with Crippen LogP contribution < -0.4 is 5.56 Å². The zero-order valence-electron chi connectivity index (χ0n) is 12.5. The lowest BCUT2D eigenvalue weighted by Gasteiger charge is -2.10. The van der Waals surface area contributed by atoms with Crippen molar-refractivity contribution >= 4 is 23.3 Å². The highest BCUT2D eigenvalue weighted by Crippen LogP contribution is 2.25. The molecule has 0 atom stereocenters. The van der Waals surface area contributed by atoms with Crippen LogP contribution in [0, 0.1) is 11.3 Å². The van der Waals surface area contributed by atoms with E-state index in [2.05, 4.69) is 9.97 Å². The molecule has 2 rings (SSSR count). The first-order chi connectivity index (χ1) is 10.9. The molecule has 2 aromatic rings. The van der Waals surface area contributed by atoms with Gasteiger partial charge in [-0.25, -0.2) is 4.98 Å². The van der Waals surface area contributed by atoms with Gasteiger partial charge in [-0.05, 0) is 13.8 Å². The Bertz CT molecular complexity index is 839. The third-order valence-corrected chi connectivity index (χ3v) is 4.34.